The fraction of sp³-hybridized carbons (Fsp3) is 0.348. The molecular weight excluding hydrogens is 398 g/mol. The van der Waals surface area contributed by atoms with Crippen LogP contribution in [0.4, 0.5) is 0 Å². The molecule has 4 rings (SSSR count). The smallest absolute Gasteiger partial charge is 0.340 e. The van der Waals surface area contributed by atoms with E-state index in [1.54, 1.807) is 0 Å². The molecule has 0 radical (unpaired) electrons. The van der Waals surface area contributed by atoms with Crippen molar-refractivity contribution in [1.29, 1.82) is 0 Å². The van der Waals surface area contributed by atoms with Crippen LogP contribution in [0.15, 0.2) is 41.7 Å². The molecule has 1 aliphatic rings. The van der Waals surface area contributed by atoms with Crippen molar-refractivity contribution in [2.45, 2.75) is 37.9 Å². The Morgan fingerprint density at radius 3 is 2.43 bits per heavy atom. The molecular formula is C23H25N3O3S. The van der Waals surface area contributed by atoms with Gasteiger partial charge in [-0.2, -0.15) is 0 Å². The highest BCUT2D eigenvalue weighted by atomic mass is 32.2. The van der Waals surface area contributed by atoms with Crippen molar-refractivity contribution in [3.8, 4) is 11.3 Å². The molecule has 0 unspecified atom stereocenters. The number of imidazole rings is 1. The van der Waals surface area contributed by atoms with Gasteiger partial charge in [-0.1, -0.05) is 42.1 Å². The molecule has 0 saturated heterocycles. The minimum atomic E-state index is -0.452. The summed E-state index contributed by atoms with van der Waals surface area (Å²) < 4.78 is 9.09. The number of carbonyl (C=O) groups is 2. The van der Waals surface area contributed by atoms with E-state index in [4.69, 9.17) is 4.74 Å². The maximum Gasteiger partial charge on any atom is 0.340 e. The fourth-order valence-corrected chi connectivity index (χ4v) is 4.86. The molecule has 30 heavy (non-hydrogen) atoms. The topological polar surface area (TPSA) is 66.1 Å². The van der Waals surface area contributed by atoms with Crippen molar-refractivity contribution in [1.82, 2.24) is 14.1 Å². The number of thioether (sulfide) groups is 1. The Morgan fingerprint density at radius 2 is 1.80 bits per heavy atom. The molecule has 0 bridgehead atoms. The van der Waals surface area contributed by atoms with Crippen LogP contribution in [-0.4, -0.2) is 38.7 Å². The van der Waals surface area contributed by atoms with Crippen molar-refractivity contribution in [3.63, 3.8) is 0 Å². The van der Waals surface area contributed by atoms with E-state index < -0.39 is 5.97 Å². The molecule has 6 nitrogen and oxygen atoms in total. The molecule has 156 valence electrons. The molecule has 0 amide bonds. The van der Waals surface area contributed by atoms with Crippen LogP contribution >= 0.6 is 11.8 Å². The first kappa shape index (κ1) is 20.5. The number of benzene rings is 1. The van der Waals surface area contributed by atoms with E-state index in [1.165, 1.54) is 18.9 Å². The lowest BCUT2D eigenvalue weighted by Crippen LogP contribution is -2.12. The second-order valence-corrected chi connectivity index (χ2v) is 8.52. The van der Waals surface area contributed by atoms with Gasteiger partial charge in [-0.3, -0.25) is 4.79 Å². The summed E-state index contributed by atoms with van der Waals surface area (Å²) in [5.41, 5.74) is 4.62. The number of Topliss-reactive ketones (excluding diaryl/α,β-unsaturated/α-hetero) is 1. The predicted octanol–water partition coefficient (Wildman–Crippen LogP) is 4.60. The number of methoxy groups -OCH3 is 1. The molecule has 0 atom stereocenters. The van der Waals surface area contributed by atoms with Crippen LogP contribution in [-0.2, 0) is 11.8 Å². The van der Waals surface area contributed by atoms with Crippen molar-refractivity contribution < 1.29 is 14.3 Å². The minimum Gasteiger partial charge on any atom is -0.465 e. The highest BCUT2D eigenvalue weighted by Gasteiger charge is 2.34. The summed E-state index contributed by atoms with van der Waals surface area (Å²) in [5.74, 6) is -0.325. The van der Waals surface area contributed by atoms with Crippen LogP contribution < -0.4 is 0 Å². The van der Waals surface area contributed by atoms with Crippen LogP contribution in [0.5, 0.6) is 0 Å². The summed E-state index contributed by atoms with van der Waals surface area (Å²) in [6.07, 6.45) is 3.98. The lowest BCUT2D eigenvalue weighted by molar-refractivity contribution is 0.0596. The van der Waals surface area contributed by atoms with Crippen molar-refractivity contribution in [2.24, 2.45) is 7.05 Å². The van der Waals surface area contributed by atoms with E-state index in [2.05, 4.69) is 9.55 Å². The van der Waals surface area contributed by atoms with Crippen molar-refractivity contribution >= 4 is 23.5 Å². The zero-order valence-electron chi connectivity index (χ0n) is 17.6. The third-order valence-electron chi connectivity index (χ3n) is 5.62. The van der Waals surface area contributed by atoms with Gasteiger partial charge in [0.25, 0.3) is 0 Å². The number of hydrogen-bond donors (Lipinski definition) is 0. The van der Waals surface area contributed by atoms with Gasteiger partial charge in [0.05, 0.1) is 35.9 Å². The van der Waals surface area contributed by atoms with Crippen LogP contribution in [0.1, 0.15) is 51.0 Å². The third-order valence-corrected chi connectivity index (χ3v) is 6.67. The summed E-state index contributed by atoms with van der Waals surface area (Å²) in [6.45, 7) is 3.82. The largest absolute Gasteiger partial charge is 0.465 e. The van der Waals surface area contributed by atoms with Crippen LogP contribution in [0, 0.1) is 13.8 Å². The number of nitrogens with zero attached hydrogens (tertiary/aromatic N) is 3. The molecule has 1 saturated carbocycles. The molecule has 2 aromatic heterocycles. The molecule has 1 aliphatic carbocycles. The first-order valence-electron chi connectivity index (χ1n) is 9.96. The average Bonchev–Trinajstić information content (AvgIpc) is 3.46. The van der Waals surface area contributed by atoms with E-state index >= 15 is 0 Å². The zero-order chi connectivity index (χ0) is 21.4. The second kappa shape index (κ2) is 8.14. The summed E-state index contributed by atoms with van der Waals surface area (Å²) in [5, 5.41) is 0.762. The van der Waals surface area contributed by atoms with E-state index in [9.17, 15) is 9.59 Å². The normalized spacial score (nSPS) is 13.5. The van der Waals surface area contributed by atoms with E-state index in [0.29, 0.717) is 17.2 Å². The van der Waals surface area contributed by atoms with Crippen molar-refractivity contribution in [3.05, 3.63) is 59.0 Å². The van der Waals surface area contributed by atoms with Crippen molar-refractivity contribution in [2.75, 3.05) is 12.9 Å². The Bertz CT molecular complexity index is 1110. The van der Waals surface area contributed by atoms with Gasteiger partial charge < -0.3 is 13.9 Å². The highest BCUT2D eigenvalue weighted by molar-refractivity contribution is 7.99. The maximum atomic E-state index is 13.2. The molecule has 0 N–H and O–H groups in total. The average molecular weight is 424 g/mol. The number of carbonyl (C=O) groups excluding carboxylic acids is 2. The van der Waals surface area contributed by atoms with Gasteiger partial charge in [-0.25, -0.2) is 9.78 Å². The number of aromatic nitrogens is 3. The Balaban J connectivity index is 1.59. The number of ketones is 1. The molecule has 0 spiro atoms. The van der Waals surface area contributed by atoms with E-state index in [-0.39, 0.29) is 11.5 Å². The highest BCUT2D eigenvalue weighted by Crippen LogP contribution is 2.40. The van der Waals surface area contributed by atoms with Gasteiger partial charge in [-0.05, 0) is 32.3 Å². The summed E-state index contributed by atoms with van der Waals surface area (Å²) in [4.78, 5) is 30.1. The Morgan fingerprint density at radius 1 is 1.13 bits per heavy atom. The number of esters is 1. The van der Waals surface area contributed by atoms with Gasteiger partial charge in [0.1, 0.15) is 0 Å². The van der Waals surface area contributed by atoms with E-state index in [0.717, 1.165) is 40.6 Å². The maximum absolute atomic E-state index is 13.2. The molecule has 0 aliphatic heterocycles. The summed E-state index contributed by atoms with van der Waals surface area (Å²) >= 11 is 1.38. The van der Waals surface area contributed by atoms with Gasteiger partial charge >= 0.3 is 5.97 Å². The number of ether oxygens (including phenoxy) is 1. The molecule has 1 aromatic carbocycles. The quantitative estimate of drug-likeness (QED) is 0.316. The van der Waals surface area contributed by atoms with Crippen LogP contribution in [0.3, 0.4) is 0 Å². The summed E-state index contributed by atoms with van der Waals surface area (Å²) in [7, 11) is 3.30. The zero-order valence-corrected chi connectivity index (χ0v) is 18.5. The predicted molar refractivity (Wildman–Crippen MR) is 117 cm³/mol. The molecule has 1 fully saturated rings. The Hall–Kier alpha value is -2.80. The van der Waals surface area contributed by atoms with Gasteiger partial charge in [0, 0.05) is 24.5 Å². The first-order chi connectivity index (χ1) is 14.4. The van der Waals surface area contributed by atoms with Crippen LogP contribution in [0.2, 0.25) is 0 Å². The number of rotatable bonds is 7. The van der Waals surface area contributed by atoms with Gasteiger partial charge in [-0.15, -0.1) is 0 Å². The monoisotopic (exact) mass is 423 g/mol. The minimum absolute atomic E-state index is 0.0790. The molecule has 2 heterocycles. The lowest BCUT2D eigenvalue weighted by Gasteiger charge is -2.07. The SMILES string of the molecule is COC(=O)c1c(C(=O)CSc2ncc(-c3ccccc3)n2C)c(C)n(C2CC2)c1C. The van der Waals surface area contributed by atoms with Crippen LogP contribution in [0.25, 0.3) is 11.3 Å². The molecule has 7 heteroatoms. The third kappa shape index (κ3) is 3.58. The Labute approximate surface area is 180 Å². The Kier molecular flexibility index (Phi) is 5.56. The standard InChI is InChI=1S/C23H25N3O3S/c1-14-20(21(22(28)29-4)15(2)26(14)17-10-11-17)19(27)13-30-23-24-12-18(25(23)3)16-8-6-5-7-9-16/h5-9,12,17H,10-11,13H2,1-4H3. The van der Waals surface area contributed by atoms with E-state index in [1.807, 2.05) is 62.0 Å². The fourth-order valence-electron chi connectivity index (χ4n) is 4.03. The first-order valence-corrected chi connectivity index (χ1v) is 11.0. The molecule has 3 aromatic rings. The second-order valence-electron chi connectivity index (χ2n) is 7.58. The summed E-state index contributed by atoms with van der Waals surface area (Å²) in [6, 6.07) is 10.4. The van der Waals surface area contributed by atoms with Gasteiger partial charge in [0.15, 0.2) is 10.9 Å². The lowest BCUT2D eigenvalue weighted by atomic mass is 10.1. The number of hydrogen-bond acceptors (Lipinski definition) is 5. The van der Waals surface area contributed by atoms with Gasteiger partial charge in [0.2, 0.25) is 0 Å².